The molecule has 0 aliphatic rings. The van der Waals surface area contributed by atoms with Gasteiger partial charge in [0.1, 0.15) is 5.75 Å². The van der Waals surface area contributed by atoms with Crippen LogP contribution < -0.4 is 4.74 Å². The van der Waals surface area contributed by atoms with Crippen LogP contribution in [-0.2, 0) is 6.18 Å². The van der Waals surface area contributed by atoms with Crippen LogP contribution in [0.1, 0.15) is 26.3 Å². The van der Waals surface area contributed by atoms with Gasteiger partial charge in [-0.3, -0.25) is 0 Å². The van der Waals surface area contributed by atoms with Gasteiger partial charge in [-0.2, -0.15) is 13.2 Å². The Morgan fingerprint density at radius 3 is 1.96 bits per heavy atom. The van der Waals surface area contributed by atoms with Crippen LogP contribution in [0.15, 0.2) is 72.8 Å². The fraction of sp³-hybridized carbons (Fsp3) is 0.0476. The summed E-state index contributed by atoms with van der Waals surface area (Å²) in [6.07, 6.45) is -4.57. The lowest BCUT2D eigenvalue weighted by atomic mass is 9.95. The van der Waals surface area contributed by atoms with Crippen LogP contribution in [0.5, 0.6) is 5.75 Å². The lowest BCUT2D eigenvalue weighted by Crippen LogP contribution is -2.12. The summed E-state index contributed by atoms with van der Waals surface area (Å²) in [6.45, 7) is 0. The standard InChI is InChI=1S/C21H13F3O4/c22-21(23,24)13-6-5-7-14(12-13)28-20(27)18-11-4-2-9-16(18)15-8-1-3-10-17(15)19(25)26/h1-12H,(H,25,26). The molecule has 0 unspecified atom stereocenters. The van der Waals surface area contributed by atoms with E-state index in [1.807, 2.05) is 0 Å². The molecule has 0 bridgehead atoms. The van der Waals surface area contributed by atoms with Crippen molar-refractivity contribution in [2.75, 3.05) is 0 Å². The predicted octanol–water partition coefficient (Wildman–Crippen LogP) is 5.29. The van der Waals surface area contributed by atoms with Gasteiger partial charge in [-0.25, -0.2) is 9.59 Å². The molecule has 3 rings (SSSR count). The molecule has 28 heavy (non-hydrogen) atoms. The quantitative estimate of drug-likeness (QED) is 0.489. The van der Waals surface area contributed by atoms with Gasteiger partial charge in [0.2, 0.25) is 0 Å². The molecule has 142 valence electrons. The summed E-state index contributed by atoms with van der Waals surface area (Å²) in [5.41, 5.74) is -0.318. The Balaban J connectivity index is 1.98. The SMILES string of the molecule is O=C(O)c1ccccc1-c1ccccc1C(=O)Oc1cccc(C(F)(F)F)c1. The fourth-order valence-corrected chi connectivity index (χ4v) is 2.70. The van der Waals surface area contributed by atoms with Gasteiger partial charge in [-0.1, -0.05) is 42.5 Å². The molecule has 0 aliphatic carbocycles. The van der Waals surface area contributed by atoms with Gasteiger partial charge in [-0.15, -0.1) is 0 Å². The molecule has 0 fully saturated rings. The molecule has 0 heterocycles. The molecule has 7 heteroatoms. The van der Waals surface area contributed by atoms with E-state index < -0.39 is 23.7 Å². The average molecular weight is 386 g/mol. The predicted molar refractivity (Wildman–Crippen MR) is 95.2 cm³/mol. The van der Waals surface area contributed by atoms with Gasteiger partial charge in [0.25, 0.3) is 0 Å². The van der Waals surface area contributed by atoms with E-state index in [1.54, 1.807) is 36.4 Å². The number of hydrogen-bond donors (Lipinski definition) is 1. The number of carbonyl (C=O) groups excluding carboxylic acids is 1. The molecular formula is C21H13F3O4. The molecule has 3 aromatic carbocycles. The van der Waals surface area contributed by atoms with Gasteiger partial charge >= 0.3 is 18.1 Å². The molecule has 0 atom stereocenters. The van der Waals surface area contributed by atoms with Gasteiger partial charge < -0.3 is 9.84 Å². The second kappa shape index (κ2) is 7.56. The number of halogens is 3. The van der Waals surface area contributed by atoms with Crippen molar-refractivity contribution in [3.63, 3.8) is 0 Å². The van der Waals surface area contributed by atoms with Crippen molar-refractivity contribution in [2.45, 2.75) is 6.18 Å². The zero-order valence-electron chi connectivity index (χ0n) is 14.2. The highest BCUT2D eigenvalue weighted by atomic mass is 19.4. The number of carbonyl (C=O) groups is 2. The zero-order chi connectivity index (χ0) is 20.3. The first kappa shape index (κ1) is 19.2. The topological polar surface area (TPSA) is 63.6 Å². The lowest BCUT2D eigenvalue weighted by molar-refractivity contribution is -0.137. The zero-order valence-corrected chi connectivity index (χ0v) is 14.2. The molecule has 4 nitrogen and oxygen atoms in total. The first-order valence-electron chi connectivity index (χ1n) is 8.08. The number of aromatic carboxylic acids is 1. The van der Waals surface area contributed by atoms with Crippen molar-refractivity contribution in [2.24, 2.45) is 0 Å². The largest absolute Gasteiger partial charge is 0.478 e. The molecule has 1 N–H and O–H groups in total. The first-order valence-corrected chi connectivity index (χ1v) is 8.08. The number of hydrogen-bond acceptors (Lipinski definition) is 3. The highest BCUT2D eigenvalue weighted by Crippen LogP contribution is 2.32. The summed E-state index contributed by atoms with van der Waals surface area (Å²) in [6, 6.07) is 16.2. The molecule has 0 aromatic heterocycles. The monoisotopic (exact) mass is 386 g/mol. The molecule has 0 saturated carbocycles. The highest BCUT2D eigenvalue weighted by molar-refractivity contribution is 6.03. The number of ether oxygens (including phenoxy) is 1. The Bertz CT molecular complexity index is 1040. The second-order valence-electron chi connectivity index (χ2n) is 5.81. The molecular weight excluding hydrogens is 373 g/mol. The minimum Gasteiger partial charge on any atom is -0.478 e. The average Bonchev–Trinajstić information content (AvgIpc) is 2.67. The third-order valence-electron chi connectivity index (χ3n) is 3.97. The molecule has 3 aromatic rings. The second-order valence-corrected chi connectivity index (χ2v) is 5.81. The number of rotatable bonds is 4. The molecule has 0 saturated heterocycles. The smallest absolute Gasteiger partial charge is 0.416 e. The van der Waals surface area contributed by atoms with Crippen LogP contribution in [0.2, 0.25) is 0 Å². The van der Waals surface area contributed by atoms with Gasteiger partial charge in [-0.05, 0) is 41.5 Å². The summed E-state index contributed by atoms with van der Waals surface area (Å²) >= 11 is 0. The van der Waals surface area contributed by atoms with Gasteiger partial charge in [0.05, 0.1) is 16.7 Å². The van der Waals surface area contributed by atoms with Crippen molar-refractivity contribution >= 4 is 11.9 Å². The summed E-state index contributed by atoms with van der Waals surface area (Å²) in [5, 5.41) is 9.38. The Morgan fingerprint density at radius 2 is 1.36 bits per heavy atom. The van der Waals surface area contributed by atoms with Gasteiger partial charge in [0, 0.05) is 0 Å². The van der Waals surface area contributed by atoms with Crippen LogP contribution in [0.4, 0.5) is 13.2 Å². The number of benzene rings is 3. The van der Waals surface area contributed by atoms with Crippen LogP contribution in [0.25, 0.3) is 11.1 Å². The Hall–Kier alpha value is -3.61. The van der Waals surface area contributed by atoms with E-state index >= 15 is 0 Å². The highest BCUT2D eigenvalue weighted by Gasteiger charge is 2.31. The third kappa shape index (κ3) is 4.03. The number of alkyl halides is 3. The lowest BCUT2D eigenvalue weighted by Gasteiger charge is -2.12. The Kier molecular flexibility index (Phi) is 5.17. The number of esters is 1. The maximum atomic E-state index is 12.8. The summed E-state index contributed by atoms with van der Waals surface area (Å²) < 4.78 is 43.6. The first-order chi connectivity index (χ1) is 13.3. The van der Waals surface area contributed by atoms with E-state index in [0.717, 1.165) is 18.2 Å². The van der Waals surface area contributed by atoms with Crippen molar-refractivity contribution in [3.8, 4) is 16.9 Å². The van der Waals surface area contributed by atoms with E-state index in [9.17, 15) is 27.9 Å². The molecule has 0 spiro atoms. The van der Waals surface area contributed by atoms with Crippen LogP contribution in [-0.4, -0.2) is 17.0 Å². The maximum absolute atomic E-state index is 12.8. The van der Waals surface area contributed by atoms with E-state index in [-0.39, 0.29) is 16.9 Å². The normalized spacial score (nSPS) is 11.1. The minimum absolute atomic E-state index is 0.0122. The van der Waals surface area contributed by atoms with Crippen LogP contribution in [0, 0.1) is 0 Å². The van der Waals surface area contributed by atoms with Crippen LogP contribution in [0.3, 0.4) is 0 Å². The van der Waals surface area contributed by atoms with E-state index in [2.05, 4.69) is 0 Å². The summed E-state index contributed by atoms with van der Waals surface area (Å²) in [5.74, 6) is -2.33. The molecule has 0 radical (unpaired) electrons. The van der Waals surface area contributed by atoms with E-state index in [1.165, 1.54) is 18.2 Å². The summed E-state index contributed by atoms with van der Waals surface area (Å²) in [7, 11) is 0. The molecule has 0 amide bonds. The van der Waals surface area contributed by atoms with Crippen molar-refractivity contribution in [1.29, 1.82) is 0 Å². The maximum Gasteiger partial charge on any atom is 0.416 e. The minimum atomic E-state index is -4.57. The fourth-order valence-electron chi connectivity index (χ4n) is 2.70. The number of carboxylic acid groups (broad SMARTS) is 1. The number of carboxylic acids is 1. The van der Waals surface area contributed by atoms with Gasteiger partial charge in [0.15, 0.2) is 0 Å². The van der Waals surface area contributed by atoms with Crippen LogP contribution >= 0.6 is 0 Å². The third-order valence-corrected chi connectivity index (χ3v) is 3.97. The summed E-state index contributed by atoms with van der Waals surface area (Å²) in [4.78, 5) is 24.1. The Labute approximate surface area is 157 Å². The van der Waals surface area contributed by atoms with E-state index in [0.29, 0.717) is 11.1 Å². The Morgan fingerprint density at radius 1 is 0.786 bits per heavy atom. The molecule has 0 aliphatic heterocycles. The van der Waals surface area contributed by atoms with Crippen molar-refractivity contribution < 1.29 is 32.6 Å². The van der Waals surface area contributed by atoms with Crippen molar-refractivity contribution in [3.05, 3.63) is 89.5 Å². The van der Waals surface area contributed by atoms with Crippen molar-refractivity contribution in [1.82, 2.24) is 0 Å². The van der Waals surface area contributed by atoms with E-state index in [4.69, 9.17) is 4.74 Å².